The van der Waals surface area contributed by atoms with E-state index in [9.17, 15) is 4.79 Å². The summed E-state index contributed by atoms with van der Waals surface area (Å²) < 4.78 is 0. The average Bonchev–Trinajstić information content (AvgIpc) is 2.27. The number of nitrogens with one attached hydrogen (secondary N) is 1. The van der Waals surface area contributed by atoms with Gasteiger partial charge in [-0.1, -0.05) is 66.8 Å². The first kappa shape index (κ1) is 15.0. The normalized spacial score (nSPS) is 26.8. The predicted octanol–water partition coefficient (Wildman–Crippen LogP) is 3.62. The topological polar surface area (TPSA) is 29.1 Å². The van der Waals surface area contributed by atoms with Crippen LogP contribution in [0.15, 0.2) is 72.4 Å². The van der Waals surface area contributed by atoms with Gasteiger partial charge in [0.15, 0.2) is 0 Å². The lowest BCUT2D eigenvalue weighted by atomic mass is 9.92. The number of carbonyl (C=O) groups excluding carboxylic acids is 1. The van der Waals surface area contributed by atoms with Gasteiger partial charge in [0.2, 0.25) is 5.91 Å². The monoisotopic (exact) mass is 255 g/mol. The summed E-state index contributed by atoms with van der Waals surface area (Å²) in [7, 11) is 0. The lowest BCUT2D eigenvalue weighted by molar-refractivity contribution is -0.120. The third-order valence-corrected chi connectivity index (χ3v) is 2.65. The van der Waals surface area contributed by atoms with Crippen molar-refractivity contribution in [1.29, 1.82) is 0 Å². The summed E-state index contributed by atoms with van der Waals surface area (Å²) in [5.41, 5.74) is 0.644. The molecule has 19 heavy (non-hydrogen) atoms. The molecule has 100 valence electrons. The molecule has 0 heterocycles. The van der Waals surface area contributed by atoms with Crippen molar-refractivity contribution < 1.29 is 4.79 Å². The Balaban J connectivity index is 3.03. The fraction of sp³-hybridized carbons (Fsp3) is 0.235. The first-order valence-electron chi connectivity index (χ1n) is 6.36. The first-order valence-corrected chi connectivity index (χ1v) is 6.36. The second kappa shape index (κ2) is 7.37. The van der Waals surface area contributed by atoms with Gasteiger partial charge in [-0.25, -0.2) is 0 Å². The zero-order valence-electron chi connectivity index (χ0n) is 11.8. The highest BCUT2D eigenvalue weighted by molar-refractivity contribution is 5.74. The quantitative estimate of drug-likeness (QED) is 0.802. The maximum Gasteiger partial charge on any atom is 0.217 e. The van der Waals surface area contributed by atoms with E-state index in [0.717, 1.165) is 5.57 Å². The van der Waals surface area contributed by atoms with E-state index in [4.69, 9.17) is 0 Å². The minimum Gasteiger partial charge on any atom is -0.347 e. The molecule has 1 amide bonds. The minimum atomic E-state index is -0.399. The average molecular weight is 255 g/mol. The van der Waals surface area contributed by atoms with Crippen molar-refractivity contribution in [2.45, 2.75) is 26.3 Å². The summed E-state index contributed by atoms with van der Waals surface area (Å²) in [6.07, 6.45) is 21.7. The van der Waals surface area contributed by atoms with E-state index in [1.807, 2.05) is 80.7 Å². The summed E-state index contributed by atoms with van der Waals surface area (Å²) in [4.78, 5) is 11.3. The molecule has 1 rings (SSSR count). The minimum absolute atomic E-state index is 0.0345. The van der Waals surface area contributed by atoms with Crippen molar-refractivity contribution in [1.82, 2.24) is 5.32 Å². The molecule has 0 aliphatic heterocycles. The Bertz CT molecular complexity index is 485. The van der Waals surface area contributed by atoms with Crippen molar-refractivity contribution in [2.75, 3.05) is 0 Å². The van der Waals surface area contributed by atoms with Crippen LogP contribution in [0, 0.1) is 0 Å². The molecule has 0 saturated carbocycles. The number of hydrogen-bond acceptors (Lipinski definition) is 1. The van der Waals surface area contributed by atoms with Gasteiger partial charge in [0.05, 0.1) is 5.54 Å². The summed E-state index contributed by atoms with van der Waals surface area (Å²) >= 11 is 0. The van der Waals surface area contributed by atoms with E-state index in [1.54, 1.807) is 0 Å². The molecule has 0 fully saturated rings. The largest absolute Gasteiger partial charge is 0.347 e. The zero-order valence-corrected chi connectivity index (χ0v) is 11.8. The summed E-state index contributed by atoms with van der Waals surface area (Å²) in [5.74, 6) is -0.0345. The van der Waals surface area contributed by atoms with Gasteiger partial charge in [0.25, 0.3) is 0 Å². The van der Waals surface area contributed by atoms with Crippen LogP contribution in [0.25, 0.3) is 0 Å². The van der Waals surface area contributed by atoms with Crippen LogP contribution in [0.3, 0.4) is 0 Å². The molecule has 0 aromatic heterocycles. The molecule has 2 heteroatoms. The molecule has 0 spiro atoms. The van der Waals surface area contributed by atoms with E-state index in [0.29, 0.717) is 0 Å². The second-order valence-electron chi connectivity index (χ2n) is 4.83. The Labute approximate surface area is 115 Å². The van der Waals surface area contributed by atoms with Gasteiger partial charge in [-0.2, -0.15) is 0 Å². The van der Waals surface area contributed by atoms with Crippen LogP contribution in [0.4, 0.5) is 0 Å². The smallest absolute Gasteiger partial charge is 0.217 e. The van der Waals surface area contributed by atoms with Crippen LogP contribution in [-0.2, 0) is 4.79 Å². The molecule has 0 aromatic carbocycles. The number of amides is 1. The standard InChI is InChI=1S/C17H21NO/c1-15(19)18-17(2,3)16-13-11-9-7-5-4-6-8-10-12-14-16/h4-14H,1-3H3,(H,18,19)/b5-4-,6-4?,7-5?,8-6-,9-7-,10-8?,11-9?,12-10-,13-11-,14-12?,16-13?,16-14+. The molecule has 0 unspecified atom stereocenters. The SMILES string of the molecule is CC(=O)NC(C)(C)C1=C/C=C\C=C/C=C\C=C/C=C\1. The van der Waals surface area contributed by atoms with Gasteiger partial charge in [0.1, 0.15) is 0 Å². The maximum absolute atomic E-state index is 11.3. The van der Waals surface area contributed by atoms with Gasteiger partial charge < -0.3 is 5.32 Å². The molecular formula is C17H21NO. The van der Waals surface area contributed by atoms with Crippen molar-refractivity contribution in [3.05, 3.63) is 72.4 Å². The van der Waals surface area contributed by atoms with E-state index in [-0.39, 0.29) is 5.91 Å². The van der Waals surface area contributed by atoms with Gasteiger partial charge in [-0.15, -0.1) is 0 Å². The Morgan fingerprint density at radius 1 is 0.895 bits per heavy atom. The van der Waals surface area contributed by atoms with Crippen molar-refractivity contribution in [2.24, 2.45) is 0 Å². The van der Waals surface area contributed by atoms with E-state index in [2.05, 4.69) is 5.32 Å². The molecule has 1 N–H and O–H groups in total. The molecule has 1 aliphatic rings. The van der Waals surface area contributed by atoms with E-state index < -0.39 is 5.54 Å². The zero-order chi connectivity index (χ0) is 14.1. The fourth-order valence-electron chi connectivity index (χ4n) is 1.75. The van der Waals surface area contributed by atoms with E-state index >= 15 is 0 Å². The van der Waals surface area contributed by atoms with Crippen LogP contribution in [-0.4, -0.2) is 11.4 Å². The number of carbonyl (C=O) groups is 1. The predicted molar refractivity (Wildman–Crippen MR) is 81.7 cm³/mol. The molecule has 0 aromatic rings. The number of rotatable bonds is 2. The summed E-state index contributed by atoms with van der Waals surface area (Å²) in [5, 5.41) is 2.95. The van der Waals surface area contributed by atoms with Gasteiger partial charge in [-0.05, 0) is 19.4 Å². The molecule has 0 radical (unpaired) electrons. The highest BCUT2D eigenvalue weighted by Gasteiger charge is 2.21. The van der Waals surface area contributed by atoms with Gasteiger partial charge >= 0.3 is 0 Å². The maximum atomic E-state index is 11.3. The fourth-order valence-corrected chi connectivity index (χ4v) is 1.75. The van der Waals surface area contributed by atoms with Crippen molar-refractivity contribution in [3.8, 4) is 0 Å². The van der Waals surface area contributed by atoms with Crippen molar-refractivity contribution >= 4 is 5.91 Å². The highest BCUT2D eigenvalue weighted by atomic mass is 16.1. The third-order valence-electron chi connectivity index (χ3n) is 2.65. The molecular weight excluding hydrogens is 234 g/mol. The molecule has 2 nitrogen and oxygen atoms in total. The molecule has 1 aliphatic carbocycles. The van der Waals surface area contributed by atoms with Crippen molar-refractivity contribution in [3.63, 3.8) is 0 Å². The van der Waals surface area contributed by atoms with Crippen LogP contribution >= 0.6 is 0 Å². The highest BCUT2D eigenvalue weighted by Crippen LogP contribution is 2.18. The Morgan fingerprint density at radius 3 is 1.89 bits per heavy atom. The third kappa shape index (κ3) is 5.87. The van der Waals surface area contributed by atoms with Crippen LogP contribution < -0.4 is 5.32 Å². The number of allylic oxidation sites excluding steroid dienone is 10. The molecule has 0 saturated heterocycles. The molecule has 0 bridgehead atoms. The molecule has 0 atom stereocenters. The van der Waals surface area contributed by atoms with Crippen LogP contribution in [0.2, 0.25) is 0 Å². The number of hydrogen-bond donors (Lipinski definition) is 1. The van der Waals surface area contributed by atoms with Gasteiger partial charge in [-0.3, -0.25) is 4.79 Å². The lowest BCUT2D eigenvalue weighted by Gasteiger charge is -2.27. The Morgan fingerprint density at radius 2 is 1.37 bits per heavy atom. The lowest BCUT2D eigenvalue weighted by Crippen LogP contribution is -2.43. The Kier molecular flexibility index (Phi) is 5.80. The van der Waals surface area contributed by atoms with Gasteiger partial charge in [0, 0.05) is 6.92 Å². The first-order chi connectivity index (χ1) is 9.02. The Hall–Kier alpha value is -2.09. The second-order valence-corrected chi connectivity index (χ2v) is 4.83. The van der Waals surface area contributed by atoms with Crippen LogP contribution in [0.1, 0.15) is 20.8 Å². The van der Waals surface area contributed by atoms with E-state index in [1.165, 1.54) is 6.92 Å². The summed E-state index contributed by atoms with van der Waals surface area (Å²) in [6.45, 7) is 5.51. The van der Waals surface area contributed by atoms with Crippen LogP contribution in [0.5, 0.6) is 0 Å². The summed E-state index contributed by atoms with van der Waals surface area (Å²) in [6, 6.07) is 0.